The molecule has 1 aromatic carbocycles. The lowest BCUT2D eigenvalue weighted by Gasteiger charge is -2.25. The van der Waals surface area contributed by atoms with Crippen molar-refractivity contribution in [1.82, 2.24) is 0 Å². The monoisotopic (exact) mass is 433 g/mol. The van der Waals surface area contributed by atoms with Gasteiger partial charge in [-0.05, 0) is 47.5 Å². The molecule has 1 amide bonds. The predicted octanol–water partition coefficient (Wildman–Crippen LogP) is 5.75. The molecular weight excluding hydrogens is 405 g/mol. The number of carboxylic acid groups (broad SMARTS) is 1. The van der Waals surface area contributed by atoms with Gasteiger partial charge in [-0.15, -0.1) is 11.3 Å². The largest absolute Gasteiger partial charge is 0.477 e. The third kappa shape index (κ3) is 5.67. The first-order valence-electron chi connectivity index (χ1n) is 10.4. The summed E-state index contributed by atoms with van der Waals surface area (Å²) in [6.45, 7) is 2.78. The Kier molecular flexibility index (Phi) is 7.99. The third-order valence-electron chi connectivity index (χ3n) is 5.36. The number of alkyl halides is 1. The van der Waals surface area contributed by atoms with Gasteiger partial charge in [0.05, 0.1) is 19.3 Å². The van der Waals surface area contributed by atoms with E-state index in [9.17, 15) is 14.0 Å². The summed E-state index contributed by atoms with van der Waals surface area (Å²) in [5, 5.41) is 10.8. The quantitative estimate of drug-likeness (QED) is 0.458. The van der Waals surface area contributed by atoms with E-state index in [-0.39, 0.29) is 16.8 Å². The maximum atomic E-state index is 14.4. The topological polar surface area (TPSA) is 66.8 Å². The molecule has 1 aliphatic rings. The van der Waals surface area contributed by atoms with Crippen LogP contribution in [-0.4, -0.2) is 29.6 Å². The molecule has 0 saturated carbocycles. The van der Waals surface area contributed by atoms with Crippen molar-refractivity contribution in [1.29, 1.82) is 0 Å². The molecule has 1 fully saturated rings. The number of halogens is 1. The Bertz CT molecular complexity index is 851. The fraction of sp³-hybridized carbons (Fsp3) is 0.478. The van der Waals surface area contributed by atoms with Gasteiger partial charge in [0, 0.05) is 12.1 Å². The number of benzene rings is 1. The highest BCUT2D eigenvalue weighted by Crippen LogP contribution is 2.30. The van der Waals surface area contributed by atoms with Crippen molar-refractivity contribution in [2.45, 2.75) is 64.3 Å². The number of carbonyl (C=O) groups is 2. The first kappa shape index (κ1) is 22.4. The molecule has 3 rings (SSSR count). The van der Waals surface area contributed by atoms with E-state index in [1.54, 1.807) is 28.5 Å². The molecule has 1 N–H and O–H groups in total. The molecule has 162 valence electrons. The summed E-state index contributed by atoms with van der Waals surface area (Å²) in [5.41, 5.74) is 2.23. The number of nitrogens with zero attached hydrogens (tertiary/aromatic N) is 1. The Morgan fingerprint density at radius 2 is 2.10 bits per heavy atom. The molecule has 1 aromatic heterocycles. The van der Waals surface area contributed by atoms with Gasteiger partial charge in [-0.1, -0.05) is 38.3 Å². The number of aromatic carboxylic acids is 1. The molecule has 2 atom stereocenters. The molecule has 2 heterocycles. The minimum atomic E-state index is -0.972. The van der Waals surface area contributed by atoms with Gasteiger partial charge in [0.15, 0.2) is 0 Å². The standard InChI is InChI=1S/C23H28FNO4S/c1-2-3-4-5-20(24)17-6-8-18(9-7-17)25-19(10-11-22(25)26)14-29-13-16-12-21(23(27)28)30-15-16/h6-9,12,15,19-20H,2-5,10-11,13-14H2,1H3,(H,27,28). The Labute approximate surface area is 180 Å². The van der Waals surface area contributed by atoms with Gasteiger partial charge in [0.25, 0.3) is 0 Å². The van der Waals surface area contributed by atoms with Crippen LogP contribution in [0, 0.1) is 0 Å². The third-order valence-corrected chi connectivity index (χ3v) is 6.33. The van der Waals surface area contributed by atoms with Crippen LogP contribution < -0.4 is 4.90 Å². The zero-order valence-electron chi connectivity index (χ0n) is 17.2. The zero-order valence-corrected chi connectivity index (χ0v) is 18.0. The lowest BCUT2D eigenvalue weighted by atomic mass is 10.0. The van der Waals surface area contributed by atoms with Crippen LogP contribution >= 0.6 is 11.3 Å². The molecule has 2 aromatic rings. The fourth-order valence-corrected chi connectivity index (χ4v) is 4.45. The van der Waals surface area contributed by atoms with E-state index in [2.05, 4.69) is 6.92 Å². The molecule has 5 nitrogen and oxygen atoms in total. The molecule has 0 aliphatic carbocycles. The lowest BCUT2D eigenvalue weighted by Crippen LogP contribution is -2.36. The van der Waals surface area contributed by atoms with Crippen molar-refractivity contribution in [3.05, 3.63) is 51.7 Å². The summed E-state index contributed by atoms with van der Waals surface area (Å²) in [6.07, 6.45) is 3.69. The van der Waals surface area contributed by atoms with Crippen LogP contribution in [0.4, 0.5) is 10.1 Å². The summed E-state index contributed by atoms with van der Waals surface area (Å²) in [7, 11) is 0. The maximum Gasteiger partial charge on any atom is 0.345 e. The summed E-state index contributed by atoms with van der Waals surface area (Å²) in [4.78, 5) is 25.4. The van der Waals surface area contributed by atoms with Gasteiger partial charge >= 0.3 is 5.97 Å². The molecule has 30 heavy (non-hydrogen) atoms. The van der Waals surface area contributed by atoms with Crippen molar-refractivity contribution < 1.29 is 23.8 Å². The van der Waals surface area contributed by atoms with Gasteiger partial charge in [-0.3, -0.25) is 4.79 Å². The zero-order chi connectivity index (χ0) is 21.5. The number of anilines is 1. The average molecular weight is 434 g/mol. The van der Waals surface area contributed by atoms with Crippen LogP contribution in [0.1, 0.15) is 72.4 Å². The van der Waals surface area contributed by atoms with Crippen molar-refractivity contribution in [2.75, 3.05) is 11.5 Å². The van der Waals surface area contributed by atoms with Crippen LogP contribution in [0.2, 0.25) is 0 Å². The second-order valence-electron chi connectivity index (χ2n) is 7.65. The van der Waals surface area contributed by atoms with E-state index in [0.717, 1.165) is 30.5 Å². The van der Waals surface area contributed by atoms with E-state index < -0.39 is 12.1 Å². The molecule has 0 spiro atoms. The number of rotatable bonds is 11. The van der Waals surface area contributed by atoms with Gasteiger partial charge in [0.2, 0.25) is 5.91 Å². The Morgan fingerprint density at radius 1 is 1.33 bits per heavy atom. The maximum absolute atomic E-state index is 14.4. The number of hydrogen-bond donors (Lipinski definition) is 1. The molecule has 7 heteroatoms. The van der Waals surface area contributed by atoms with Gasteiger partial charge in [-0.25, -0.2) is 9.18 Å². The van der Waals surface area contributed by atoms with Crippen molar-refractivity contribution >= 4 is 28.9 Å². The number of thiophene rings is 1. The number of carboxylic acids is 1. The van der Waals surface area contributed by atoms with Crippen LogP contribution in [0.3, 0.4) is 0 Å². The van der Waals surface area contributed by atoms with Gasteiger partial charge < -0.3 is 14.7 Å². The number of unbranched alkanes of at least 4 members (excludes halogenated alkanes) is 2. The van der Waals surface area contributed by atoms with Crippen LogP contribution in [0.5, 0.6) is 0 Å². The number of hydrogen-bond acceptors (Lipinski definition) is 4. The number of carbonyl (C=O) groups excluding carboxylic acids is 1. The smallest absolute Gasteiger partial charge is 0.345 e. The Hall–Kier alpha value is -2.25. The molecule has 1 saturated heterocycles. The molecule has 0 bridgehead atoms. The Balaban J connectivity index is 1.56. The second kappa shape index (κ2) is 10.7. The highest BCUT2D eigenvalue weighted by molar-refractivity contribution is 7.12. The minimum Gasteiger partial charge on any atom is -0.477 e. The molecule has 0 radical (unpaired) electrons. The average Bonchev–Trinajstić information content (AvgIpc) is 3.35. The van der Waals surface area contributed by atoms with Gasteiger partial charge in [0.1, 0.15) is 11.0 Å². The Morgan fingerprint density at radius 3 is 2.77 bits per heavy atom. The number of ether oxygens (including phenoxy) is 1. The van der Waals surface area contributed by atoms with Crippen molar-refractivity contribution in [2.24, 2.45) is 0 Å². The predicted molar refractivity (Wildman–Crippen MR) is 116 cm³/mol. The second-order valence-corrected chi connectivity index (χ2v) is 8.56. The van der Waals surface area contributed by atoms with Crippen molar-refractivity contribution in [3.8, 4) is 0 Å². The molecular formula is C23H28FNO4S. The number of amides is 1. The molecule has 2 unspecified atom stereocenters. The van der Waals surface area contributed by atoms with Gasteiger partial charge in [-0.2, -0.15) is 0 Å². The summed E-state index contributed by atoms with van der Waals surface area (Å²) < 4.78 is 20.1. The SMILES string of the molecule is CCCCCC(F)c1ccc(N2C(=O)CCC2COCc2csc(C(=O)O)c2)cc1. The summed E-state index contributed by atoms with van der Waals surface area (Å²) in [5.74, 6) is -0.900. The fourth-order valence-electron chi connectivity index (χ4n) is 3.72. The first-order chi connectivity index (χ1) is 14.5. The normalized spacial score (nSPS) is 17.5. The van der Waals surface area contributed by atoms with E-state index in [1.807, 2.05) is 12.1 Å². The van der Waals surface area contributed by atoms with Crippen LogP contribution in [0.15, 0.2) is 35.7 Å². The van der Waals surface area contributed by atoms with E-state index >= 15 is 0 Å². The van der Waals surface area contributed by atoms with E-state index in [0.29, 0.717) is 38.0 Å². The van der Waals surface area contributed by atoms with Crippen LogP contribution in [0.25, 0.3) is 0 Å². The summed E-state index contributed by atoms with van der Waals surface area (Å²) in [6, 6.07) is 8.71. The molecule has 1 aliphatic heterocycles. The van der Waals surface area contributed by atoms with E-state index in [4.69, 9.17) is 9.84 Å². The van der Waals surface area contributed by atoms with Crippen LogP contribution in [-0.2, 0) is 16.1 Å². The minimum absolute atomic E-state index is 0.0415. The highest BCUT2D eigenvalue weighted by Gasteiger charge is 2.32. The lowest BCUT2D eigenvalue weighted by molar-refractivity contribution is -0.117. The first-order valence-corrected chi connectivity index (χ1v) is 11.3. The van der Waals surface area contributed by atoms with Crippen molar-refractivity contribution in [3.63, 3.8) is 0 Å². The highest BCUT2D eigenvalue weighted by atomic mass is 32.1. The van der Waals surface area contributed by atoms with E-state index in [1.165, 1.54) is 11.3 Å². The summed E-state index contributed by atoms with van der Waals surface area (Å²) >= 11 is 1.17.